The molecule has 2 nitrogen and oxygen atoms in total. The van der Waals surface area contributed by atoms with E-state index in [-0.39, 0.29) is 0 Å². The molecule has 1 fully saturated rings. The molecule has 0 aromatic carbocycles. The molecule has 4 heteroatoms. The van der Waals surface area contributed by atoms with E-state index in [1.54, 1.807) is 11.3 Å². The molecular weight excluding hydrogens is 176 g/mol. The molecule has 2 unspecified atom stereocenters. The summed E-state index contributed by atoms with van der Waals surface area (Å²) in [5.74, 6) is 1.20. The van der Waals surface area contributed by atoms with E-state index in [0.717, 1.165) is 0 Å². The van der Waals surface area contributed by atoms with E-state index in [4.69, 9.17) is 0 Å². The molecule has 2 rings (SSSR count). The summed E-state index contributed by atoms with van der Waals surface area (Å²) in [6, 6.07) is 0.631. The van der Waals surface area contributed by atoms with Gasteiger partial charge in [-0.15, -0.1) is 23.1 Å². The fraction of sp³-hybridized carbons (Fsp3) is 0.571. The minimum absolute atomic E-state index is 0.441. The standard InChI is InChI=1S/C7H10N2S2/c1-5-2-11-7(9-5)6-3-10-4-8-6/h3-5,7,9H,2H2,1H3. The number of thioether (sulfide) groups is 1. The summed E-state index contributed by atoms with van der Waals surface area (Å²) < 4.78 is 0. The van der Waals surface area contributed by atoms with Crippen LogP contribution in [0.2, 0.25) is 0 Å². The Morgan fingerprint density at radius 3 is 3.18 bits per heavy atom. The molecule has 0 radical (unpaired) electrons. The second-order valence-corrected chi connectivity index (χ2v) is 4.55. The van der Waals surface area contributed by atoms with Gasteiger partial charge in [0.05, 0.1) is 16.6 Å². The molecule has 0 aliphatic carbocycles. The van der Waals surface area contributed by atoms with Crippen LogP contribution >= 0.6 is 23.1 Å². The number of thiazole rings is 1. The van der Waals surface area contributed by atoms with Crippen molar-refractivity contribution in [1.82, 2.24) is 10.3 Å². The molecule has 60 valence electrons. The second-order valence-electron chi connectivity index (χ2n) is 2.69. The van der Waals surface area contributed by atoms with Gasteiger partial charge >= 0.3 is 0 Å². The molecule has 0 amide bonds. The lowest BCUT2D eigenvalue weighted by Crippen LogP contribution is -2.21. The Bertz CT molecular complexity index is 222. The Kier molecular flexibility index (Phi) is 2.16. The summed E-state index contributed by atoms with van der Waals surface area (Å²) in [5.41, 5.74) is 3.07. The maximum atomic E-state index is 4.27. The topological polar surface area (TPSA) is 24.9 Å². The van der Waals surface area contributed by atoms with Crippen molar-refractivity contribution in [3.63, 3.8) is 0 Å². The van der Waals surface area contributed by atoms with Crippen molar-refractivity contribution in [3.8, 4) is 0 Å². The molecule has 0 spiro atoms. The summed E-state index contributed by atoms with van der Waals surface area (Å²) in [6.07, 6.45) is 0. The minimum Gasteiger partial charge on any atom is -0.297 e. The van der Waals surface area contributed by atoms with E-state index in [9.17, 15) is 0 Å². The van der Waals surface area contributed by atoms with Crippen molar-refractivity contribution in [3.05, 3.63) is 16.6 Å². The summed E-state index contributed by atoms with van der Waals surface area (Å²) in [7, 11) is 0. The van der Waals surface area contributed by atoms with Gasteiger partial charge in [0.1, 0.15) is 0 Å². The molecule has 1 aromatic heterocycles. The van der Waals surface area contributed by atoms with Crippen LogP contribution in [0.4, 0.5) is 0 Å². The fourth-order valence-electron chi connectivity index (χ4n) is 1.12. The van der Waals surface area contributed by atoms with Gasteiger partial charge in [-0.05, 0) is 6.92 Å². The Hall–Kier alpha value is -0.0600. The quantitative estimate of drug-likeness (QED) is 0.724. The predicted molar refractivity (Wildman–Crippen MR) is 49.9 cm³/mol. The number of nitrogens with zero attached hydrogens (tertiary/aromatic N) is 1. The maximum Gasteiger partial charge on any atom is 0.0973 e. The zero-order valence-corrected chi connectivity index (χ0v) is 7.91. The Balaban J connectivity index is 2.08. The number of hydrogen-bond donors (Lipinski definition) is 1. The molecular formula is C7H10N2S2. The largest absolute Gasteiger partial charge is 0.297 e. The lowest BCUT2D eigenvalue weighted by Gasteiger charge is -2.06. The van der Waals surface area contributed by atoms with Crippen LogP contribution in [0.25, 0.3) is 0 Å². The second kappa shape index (κ2) is 3.13. The Morgan fingerprint density at radius 1 is 1.73 bits per heavy atom. The highest BCUT2D eigenvalue weighted by Crippen LogP contribution is 2.31. The molecule has 0 bridgehead atoms. The smallest absolute Gasteiger partial charge is 0.0973 e. The van der Waals surface area contributed by atoms with Crippen molar-refractivity contribution >= 4 is 23.1 Å². The van der Waals surface area contributed by atoms with Gasteiger partial charge in [0, 0.05) is 17.2 Å². The van der Waals surface area contributed by atoms with Crippen LogP contribution in [0.1, 0.15) is 18.0 Å². The monoisotopic (exact) mass is 186 g/mol. The summed E-state index contributed by atoms with van der Waals surface area (Å²) in [6.45, 7) is 2.21. The van der Waals surface area contributed by atoms with Gasteiger partial charge in [0.2, 0.25) is 0 Å². The predicted octanol–water partition coefficient (Wildman–Crippen LogP) is 1.87. The molecule has 1 aromatic rings. The first-order valence-corrected chi connectivity index (χ1v) is 5.61. The number of rotatable bonds is 1. The van der Waals surface area contributed by atoms with Crippen molar-refractivity contribution in [1.29, 1.82) is 0 Å². The molecule has 1 aliphatic rings. The maximum absolute atomic E-state index is 4.27. The Labute approximate surface area is 74.4 Å². The van der Waals surface area contributed by atoms with Crippen LogP contribution in [-0.2, 0) is 0 Å². The number of hydrogen-bond acceptors (Lipinski definition) is 4. The van der Waals surface area contributed by atoms with Gasteiger partial charge in [-0.25, -0.2) is 4.98 Å². The van der Waals surface area contributed by atoms with Crippen LogP contribution < -0.4 is 5.32 Å². The van der Waals surface area contributed by atoms with Crippen molar-refractivity contribution in [2.24, 2.45) is 0 Å². The average Bonchev–Trinajstić information content (AvgIpc) is 2.55. The van der Waals surface area contributed by atoms with Crippen LogP contribution in [0.5, 0.6) is 0 Å². The first kappa shape index (κ1) is 7.58. The third kappa shape index (κ3) is 1.58. The van der Waals surface area contributed by atoms with Crippen molar-refractivity contribution < 1.29 is 0 Å². The average molecular weight is 186 g/mol. The van der Waals surface area contributed by atoms with Crippen LogP contribution in [-0.4, -0.2) is 16.8 Å². The van der Waals surface area contributed by atoms with Gasteiger partial charge in [-0.2, -0.15) is 0 Å². The zero-order valence-electron chi connectivity index (χ0n) is 6.28. The molecule has 1 aliphatic heterocycles. The lowest BCUT2D eigenvalue weighted by molar-refractivity contribution is 0.611. The van der Waals surface area contributed by atoms with Crippen LogP contribution in [0.15, 0.2) is 10.9 Å². The van der Waals surface area contributed by atoms with E-state index >= 15 is 0 Å². The third-order valence-electron chi connectivity index (χ3n) is 1.67. The van der Waals surface area contributed by atoms with Crippen molar-refractivity contribution in [2.75, 3.05) is 5.75 Å². The molecule has 2 heterocycles. The first-order valence-electron chi connectivity index (χ1n) is 3.62. The van der Waals surface area contributed by atoms with E-state index in [2.05, 4.69) is 22.6 Å². The van der Waals surface area contributed by atoms with Crippen LogP contribution in [0, 0.1) is 0 Å². The summed E-state index contributed by atoms with van der Waals surface area (Å²) in [5, 5.41) is 6.02. The molecule has 1 saturated heterocycles. The highest BCUT2D eigenvalue weighted by Gasteiger charge is 2.23. The molecule has 11 heavy (non-hydrogen) atoms. The highest BCUT2D eigenvalue weighted by atomic mass is 32.2. The van der Waals surface area contributed by atoms with E-state index < -0.39 is 0 Å². The first-order chi connectivity index (χ1) is 5.36. The van der Waals surface area contributed by atoms with E-state index in [1.165, 1.54) is 11.4 Å². The van der Waals surface area contributed by atoms with Gasteiger partial charge < -0.3 is 0 Å². The summed E-state index contributed by atoms with van der Waals surface area (Å²) >= 11 is 3.60. The van der Waals surface area contributed by atoms with Gasteiger partial charge in [-0.3, -0.25) is 5.32 Å². The van der Waals surface area contributed by atoms with E-state index in [0.29, 0.717) is 11.4 Å². The van der Waals surface area contributed by atoms with Crippen LogP contribution in [0.3, 0.4) is 0 Å². The number of nitrogens with one attached hydrogen (secondary N) is 1. The third-order valence-corrected chi connectivity index (χ3v) is 3.68. The lowest BCUT2D eigenvalue weighted by atomic mass is 10.4. The summed E-state index contributed by atoms with van der Waals surface area (Å²) in [4.78, 5) is 4.27. The van der Waals surface area contributed by atoms with Gasteiger partial charge in [0.25, 0.3) is 0 Å². The van der Waals surface area contributed by atoms with E-state index in [1.807, 2.05) is 17.3 Å². The number of aromatic nitrogens is 1. The fourth-order valence-corrected chi connectivity index (χ4v) is 2.99. The Morgan fingerprint density at radius 2 is 2.64 bits per heavy atom. The molecule has 0 saturated carbocycles. The minimum atomic E-state index is 0.441. The molecule has 2 atom stereocenters. The van der Waals surface area contributed by atoms with Gasteiger partial charge in [-0.1, -0.05) is 0 Å². The SMILES string of the molecule is CC1CSC(c2cscn2)N1. The molecule has 1 N–H and O–H groups in total. The van der Waals surface area contributed by atoms with Crippen molar-refractivity contribution in [2.45, 2.75) is 18.3 Å². The van der Waals surface area contributed by atoms with Gasteiger partial charge in [0.15, 0.2) is 0 Å². The highest BCUT2D eigenvalue weighted by molar-refractivity contribution is 7.99. The zero-order chi connectivity index (χ0) is 7.68. The normalized spacial score (nSPS) is 31.0.